The van der Waals surface area contributed by atoms with Crippen LogP contribution in [0.1, 0.15) is 30.9 Å². The molecule has 10 nitrogen and oxygen atoms in total. The molecule has 3 N–H and O–H groups in total. The van der Waals surface area contributed by atoms with Gasteiger partial charge in [0.15, 0.2) is 5.82 Å². The molecule has 3 aromatic rings. The van der Waals surface area contributed by atoms with Crippen LogP contribution in [0.5, 0.6) is 0 Å². The first-order chi connectivity index (χ1) is 18.6. The van der Waals surface area contributed by atoms with Gasteiger partial charge in [0, 0.05) is 41.8 Å². The molecule has 1 aromatic heterocycles. The normalized spacial score (nSPS) is 20.3. The fraction of sp³-hybridized carbons (Fsp3) is 0.269. The Hall–Kier alpha value is -4.26. The molecule has 0 aliphatic carbocycles. The summed E-state index contributed by atoms with van der Waals surface area (Å²) in [6.45, 7) is 0.585. The number of hydrogen-bond donors (Lipinski definition) is 3. The molecule has 4 heterocycles. The van der Waals surface area contributed by atoms with Crippen molar-refractivity contribution in [1.82, 2.24) is 9.97 Å². The highest BCUT2D eigenvalue weighted by Gasteiger charge is 2.39. The molecule has 0 radical (unpaired) electrons. The van der Waals surface area contributed by atoms with E-state index in [1.807, 2.05) is 11.1 Å². The quantitative estimate of drug-likeness (QED) is 0.420. The van der Waals surface area contributed by atoms with Crippen LogP contribution < -0.4 is 25.2 Å². The number of fused-ring (bicyclic) bond motifs is 3. The third kappa shape index (κ3) is 4.97. The van der Waals surface area contributed by atoms with Crippen molar-refractivity contribution < 1.29 is 22.0 Å². The predicted molar refractivity (Wildman–Crippen MR) is 144 cm³/mol. The zero-order valence-electron chi connectivity index (χ0n) is 20.9. The van der Waals surface area contributed by atoms with Crippen LogP contribution in [0.3, 0.4) is 0 Å². The maximum Gasteiger partial charge on any atom is 0.248 e. The highest BCUT2D eigenvalue weighted by atomic mass is 32.2. The van der Waals surface area contributed by atoms with Gasteiger partial charge in [-0.25, -0.2) is 22.2 Å². The van der Waals surface area contributed by atoms with Gasteiger partial charge < -0.3 is 20.4 Å². The first kappa shape index (κ1) is 25.0. The molecule has 202 valence electrons. The van der Waals surface area contributed by atoms with Crippen LogP contribution in [-0.2, 0) is 14.8 Å². The van der Waals surface area contributed by atoms with Crippen molar-refractivity contribution in [2.45, 2.75) is 31.3 Å². The van der Waals surface area contributed by atoms with Gasteiger partial charge in [0.1, 0.15) is 23.4 Å². The van der Waals surface area contributed by atoms with Crippen molar-refractivity contribution in [2.24, 2.45) is 0 Å². The van der Waals surface area contributed by atoms with E-state index in [1.165, 1.54) is 12.3 Å². The van der Waals surface area contributed by atoms with Gasteiger partial charge in [-0.3, -0.25) is 9.52 Å². The van der Waals surface area contributed by atoms with Gasteiger partial charge >= 0.3 is 0 Å². The van der Waals surface area contributed by atoms with Gasteiger partial charge in [-0.15, -0.1) is 0 Å². The number of carbonyl (C=O) groups is 1. The summed E-state index contributed by atoms with van der Waals surface area (Å²) >= 11 is 0. The fourth-order valence-electron chi connectivity index (χ4n) is 5.25. The molecular formula is C26H25F2N7O3S. The van der Waals surface area contributed by atoms with Crippen molar-refractivity contribution in [2.75, 3.05) is 38.0 Å². The van der Waals surface area contributed by atoms with E-state index >= 15 is 0 Å². The van der Waals surface area contributed by atoms with E-state index in [-0.39, 0.29) is 11.5 Å². The molecule has 3 aliphatic rings. The van der Waals surface area contributed by atoms with Crippen molar-refractivity contribution >= 4 is 44.8 Å². The zero-order valence-corrected chi connectivity index (χ0v) is 21.7. The molecule has 13 heteroatoms. The summed E-state index contributed by atoms with van der Waals surface area (Å²) in [5, 5.41) is 6.14. The molecule has 0 saturated carbocycles. The number of halogens is 2. The van der Waals surface area contributed by atoms with Crippen LogP contribution in [0.2, 0.25) is 0 Å². The van der Waals surface area contributed by atoms with E-state index in [1.54, 1.807) is 29.2 Å². The average Bonchev–Trinajstić information content (AvgIpc) is 3.54. The van der Waals surface area contributed by atoms with E-state index in [4.69, 9.17) is 4.98 Å². The van der Waals surface area contributed by atoms with Gasteiger partial charge in [0.25, 0.3) is 0 Å². The monoisotopic (exact) mass is 553 g/mol. The fourth-order valence-corrected chi connectivity index (χ4v) is 5.82. The van der Waals surface area contributed by atoms with Gasteiger partial charge in [-0.2, -0.15) is 4.98 Å². The summed E-state index contributed by atoms with van der Waals surface area (Å²) in [4.78, 5) is 25.7. The third-order valence-electron chi connectivity index (χ3n) is 6.92. The number of hydrogen-bond acceptors (Lipinski definition) is 8. The molecule has 1 saturated heterocycles. The molecule has 3 aliphatic heterocycles. The van der Waals surface area contributed by atoms with Crippen LogP contribution in [0.4, 0.5) is 37.6 Å². The summed E-state index contributed by atoms with van der Waals surface area (Å²) in [6, 6.07) is 9.28. The van der Waals surface area contributed by atoms with Crippen molar-refractivity contribution in [3.8, 4) is 0 Å². The van der Waals surface area contributed by atoms with E-state index < -0.39 is 33.7 Å². The zero-order chi connectivity index (χ0) is 27.3. The Bertz CT molecular complexity index is 1600. The average molecular weight is 554 g/mol. The second kappa shape index (κ2) is 9.49. The number of nitrogens with one attached hydrogen (secondary N) is 3. The Morgan fingerprint density at radius 1 is 1.08 bits per heavy atom. The highest BCUT2D eigenvalue weighted by molar-refractivity contribution is 7.92. The highest BCUT2D eigenvalue weighted by Crippen LogP contribution is 2.40. The van der Waals surface area contributed by atoms with E-state index in [0.29, 0.717) is 42.5 Å². The largest absolute Gasteiger partial charge is 0.358 e. The molecule has 1 unspecified atom stereocenters. The SMILES string of the molecule is CS(=O)(=O)Nc1ccc(NC2=CN3c4nc(N5CCCC5c5cc(F)ccc5F)ncc4NC(=O)[C@@H]3C2)cc1. The van der Waals surface area contributed by atoms with Gasteiger partial charge in [-0.1, -0.05) is 0 Å². The van der Waals surface area contributed by atoms with Crippen LogP contribution in [0, 0.1) is 11.6 Å². The predicted octanol–water partition coefficient (Wildman–Crippen LogP) is 3.95. The first-order valence-electron chi connectivity index (χ1n) is 12.4. The van der Waals surface area contributed by atoms with Crippen molar-refractivity contribution in [3.05, 3.63) is 77.8 Å². The number of nitrogens with zero attached hydrogens (tertiary/aromatic N) is 4. The third-order valence-corrected chi connectivity index (χ3v) is 7.53. The van der Waals surface area contributed by atoms with E-state index in [0.717, 1.165) is 36.2 Å². The topological polar surface area (TPSA) is 120 Å². The summed E-state index contributed by atoms with van der Waals surface area (Å²) in [7, 11) is -3.38. The minimum absolute atomic E-state index is 0.194. The smallest absolute Gasteiger partial charge is 0.248 e. The molecule has 1 amide bonds. The van der Waals surface area contributed by atoms with Crippen LogP contribution in [0.25, 0.3) is 0 Å². The van der Waals surface area contributed by atoms with Gasteiger partial charge in [0.2, 0.25) is 21.9 Å². The lowest BCUT2D eigenvalue weighted by Gasteiger charge is -2.32. The number of anilines is 5. The van der Waals surface area contributed by atoms with Crippen molar-refractivity contribution in [1.29, 1.82) is 0 Å². The minimum Gasteiger partial charge on any atom is -0.358 e. The second-order valence-corrected chi connectivity index (χ2v) is 11.5. The first-order valence-corrected chi connectivity index (χ1v) is 14.3. The minimum atomic E-state index is -3.38. The Balaban J connectivity index is 1.26. The van der Waals surface area contributed by atoms with Crippen LogP contribution in [0.15, 0.2) is 60.6 Å². The standard InChI is InChI=1S/C26H25F2N7O3S/c1-39(37,38)33-17-7-5-16(6-8-17)30-18-12-23-25(36)31-21-13-29-26(32-24(21)35(23)14-18)34-10-2-3-22(34)19-11-15(27)4-9-20(19)28/h4-9,11,13-14,22-23,30,33H,2-3,10,12H2,1H3,(H,31,36)/t22?,23-/m0/s1. The molecule has 39 heavy (non-hydrogen) atoms. The van der Waals surface area contributed by atoms with Crippen molar-refractivity contribution in [3.63, 3.8) is 0 Å². The number of rotatable bonds is 6. The lowest BCUT2D eigenvalue weighted by Crippen LogP contribution is -2.43. The second-order valence-electron chi connectivity index (χ2n) is 9.77. The Morgan fingerprint density at radius 2 is 1.85 bits per heavy atom. The Labute approximate surface area is 223 Å². The summed E-state index contributed by atoms with van der Waals surface area (Å²) in [5.74, 6) is -0.283. The van der Waals surface area contributed by atoms with Crippen LogP contribution in [-0.4, -0.2) is 43.1 Å². The maximum absolute atomic E-state index is 14.6. The maximum atomic E-state index is 14.6. The molecule has 0 bridgehead atoms. The molecule has 2 aromatic carbocycles. The van der Waals surface area contributed by atoms with Crippen LogP contribution >= 0.6 is 0 Å². The summed E-state index contributed by atoms with van der Waals surface area (Å²) in [6.07, 6.45) is 6.24. The Kier molecular flexibility index (Phi) is 6.09. The number of benzene rings is 2. The Morgan fingerprint density at radius 3 is 2.62 bits per heavy atom. The number of sulfonamides is 1. The summed E-state index contributed by atoms with van der Waals surface area (Å²) < 4.78 is 53.8. The number of amides is 1. The molecule has 1 fully saturated rings. The lowest BCUT2D eigenvalue weighted by atomic mass is 10.0. The van der Waals surface area contributed by atoms with E-state index in [9.17, 15) is 22.0 Å². The molecule has 6 rings (SSSR count). The number of carbonyl (C=O) groups excluding carboxylic acids is 1. The molecule has 2 atom stereocenters. The van der Waals surface area contributed by atoms with E-state index in [2.05, 4.69) is 20.3 Å². The number of aromatic nitrogens is 2. The van der Waals surface area contributed by atoms with Gasteiger partial charge in [0.05, 0.1) is 18.5 Å². The molecular weight excluding hydrogens is 528 g/mol. The van der Waals surface area contributed by atoms with Gasteiger partial charge in [-0.05, 0) is 55.3 Å². The lowest BCUT2D eigenvalue weighted by molar-refractivity contribution is -0.117. The summed E-state index contributed by atoms with van der Waals surface area (Å²) in [5.41, 5.74) is 2.66. The molecule has 0 spiro atoms.